The van der Waals surface area contributed by atoms with Crippen molar-refractivity contribution >= 4 is 29.9 Å². The van der Waals surface area contributed by atoms with Crippen LogP contribution in [0.3, 0.4) is 0 Å². The Hall–Kier alpha value is -2.31. The highest BCUT2D eigenvalue weighted by atomic mass is 35.5. The minimum absolute atomic E-state index is 0. The van der Waals surface area contributed by atoms with Gasteiger partial charge in [-0.1, -0.05) is 17.7 Å². The number of carbonyl (C=O) groups is 2. The van der Waals surface area contributed by atoms with E-state index in [1.54, 1.807) is 13.1 Å². The van der Waals surface area contributed by atoms with Crippen LogP contribution in [-0.2, 0) is 11.3 Å². The molecular weight excluding hydrogens is 318 g/mol. The molecule has 3 N–H and O–H groups in total. The van der Waals surface area contributed by atoms with Crippen LogP contribution in [0.25, 0.3) is 0 Å². The van der Waals surface area contributed by atoms with Gasteiger partial charge in [-0.05, 0) is 25.1 Å². The van der Waals surface area contributed by atoms with E-state index < -0.39 is 0 Å². The maximum Gasteiger partial charge on any atom is 0.257 e. The van der Waals surface area contributed by atoms with Crippen molar-refractivity contribution in [3.8, 4) is 0 Å². The van der Waals surface area contributed by atoms with Gasteiger partial charge in [-0.25, -0.2) is 0 Å². The molecule has 0 unspecified atom stereocenters. The first kappa shape index (κ1) is 18.7. The van der Waals surface area contributed by atoms with Crippen molar-refractivity contribution in [1.29, 1.82) is 0 Å². The summed E-state index contributed by atoms with van der Waals surface area (Å²) in [4.78, 5) is 25.4. The number of aryl methyl sites for hydroxylation is 1. The molecule has 0 aliphatic rings. The second-order valence-corrected chi connectivity index (χ2v) is 5.08. The molecule has 2 rings (SSSR count). The molecule has 2 aromatic rings. The lowest BCUT2D eigenvalue weighted by molar-refractivity contribution is -0.116. The van der Waals surface area contributed by atoms with E-state index in [1.807, 2.05) is 31.2 Å². The van der Waals surface area contributed by atoms with Crippen LogP contribution >= 0.6 is 12.4 Å². The summed E-state index contributed by atoms with van der Waals surface area (Å²) < 4.78 is 5.12. The van der Waals surface area contributed by atoms with E-state index in [2.05, 4.69) is 5.32 Å². The van der Waals surface area contributed by atoms with Crippen LogP contribution in [0.1, 0.15) is 21.7 Å². The molecular formula is C16H20ClN3O3. The Morgan fingerprint density at radius 3 is 2.48 bits per heavy atom. The molecule has 1 heterocycles. The Balaban J connectivity index is 0.00000264. The average Bonchev–Trinajstić information content (AvgIpc) is 2.97. The maximum atomic E-state index is 12.2. The molecule has 0 aliphatic carbocycles. The number of carbonyl (C=O) groups excluding carboxylic acids is 2. The van der Waals surface area contributed by atoms with E-state index in [9.17, 15) is 9.59 Å². The summed E-state index contributed by atoms with van der Waals surface area (Å²) in [5.74, 6) is -0.0226. The Kier molecular flexibility index (Phi) is 6.81. The molecule has 0 saturated heterocycles. The van der Waals surface area contributed by atoms with Gasteiger partial charge in [0, 0.05) is 12.7 Å². The van der Waals surface area contributed by atoms with Crippen LogP contribution in [0.5, 0.6) is 0 Å². The zero-order chi connectivity index (χ0) is 16.1. The fourth-order valence-corrected chi connectivity index (χ4v) is 1.94. The summed E-state index contributed by atoms with van der Waals surface area (Å²) in [7, 11) is 1.56. The fraction of sp³-hybridized carbons (Fsp3) is 0.250. The topological polar surface area (TPSA) is 88.6 Å². The van der Waals surface area contributed by atoms with E-state index in [1.165, 1.54) is 11.2 Å². The molecule has 23 heavy (non-hydrogen) atoms. The van der Waals surface area contributed by atoms with Crippen molar-refractivity contribution in [1.82, 2.24) is 4.90 Å². The van der Waals surface area contributed by atoms with Gasteiger partial charge in [0.2, 0.25) is 5.91 Å². The van der Waals surface area contributed by atoms with Crippen LogP contribution in [-0.4, -0.2) is 30.3 Å². The van der Waals surface area contributed by atoms with Gasteiger partial charge in [-0.3, -0.25) is 9.59 Å². The summed E-state index contributed by atoms with van der Waals surface area (Å²) in [6, 6.07) is 9.03. The molecule has 124 valence electrons. The van der Waals surface area contributed by atoms with Crippen molar-refractivity contribution in [2.24, 2.45) is 5.73 Å². The van der Waals surface area contributed by atoms with E-state index in [0.717, 1.165) is 5.56 Å². The number of amides is 2. The standard InChI is InChI=1S/C16H19N3O3.ClH/c1-11-3-5-13(6-4-11)18-15(20)9-19(2)16(21)12-7-14(8-17)22-10-12;/h3-7,10H,8-9,17H2,1-2H3,(H,18,20);1H. The van der Waals surface area contributed by atoms with Gasteiger partial charge in [0.15, 0.2) is 0 Å². The largest absolute Gasteiger partial charge is 0.467 e. The fourth-order valence-electron chi connectivity index (χ4n) is 1.94. The summed E-state index contributed by atoms with van der Waals surface area (Å²) in [5, 5.41) is 2.75. The minimum Gasteiger partial charge on any atom is -0.467 e. The average molecular weight is 338 g/mol. The SMILES string of the molecule is Cc1ccc(NC(=O)CN(C)C(=O)c2coc(CN)c2)cc1.Cl. The zero-order valence-electron chi connectivity index (χ0n) is 13.0. The molecule has 1 aromatic heterocycles. The number of furan rings is 1. The number of benzene rings is 1. The summed E-state index contributed by atoms with van der Waals surface area (Å²) in [5.41, 5.74) is 7.63. The van der Waals surface area contributed by atoms with Crippen molar-refractivity contribution < 1.29 is 14.0 Å². The zero-order valence-corrected chi connectivity index (χ0v) is 13.9. The van der Waals surface area contributed by atoms with Gasteiger partial charge in [0.05, 0.1) is 18.7 Å². The molecule has 0 atom stereocenters. The second-order valence-electron chi connectivity index (χ2n) is 5.08. The van der Waals surface area contributed by atoms with Crippen LogP contribution in [0, 0.1) is 6.92 Å². The number of hydrogen-bond acceptors (Lipinski definition) is 4. The number of hydrogen-bond donors (Lipinski definition) is 2. The third-order valence-corrected chi connectivity index (χ3v) is 3.16. The molecule has 0 spiro atoms. The number of nitrogens with zero attached hydrogens (tertiary/aromatic N) is 1. The second kappa shape index (κ2) is 8.36. The van der Waals surface area contributed by atoms with Crippen LogP contribution in [0.2, 0.25) is 0 Å². The molecule has 6 nitrogen and oxygen atoms in total. The first-order chi connectivity index (χ1) is 10.5. The van der Waals surface area contributed by atoms with Crippen molar-refractivity contribution in [2.75, 3.05) is 18.9 Å². The van der Waals surface area contributed by atoms with E-state index in [-0.39, 0.29) is 37.3 Å². The van der Waals surface area contributed by atoms with Crippen LogP contribution in [0.4, 0.5) is 5.69 Å². The highest BCUT2D eigenvalue weighted by molar-refractivity contribution is 5.99. The summed E-state index contributed by atoms with van der Waals surface area (Å²) in [6.45, 7) is 2.15. The van der Waals surface area contributed by atoms with E-state index >= 15 is 0 Å². The van der Waals surface area contributed by atoms with Crippen LogP contribution in [0.15, 0.2) is 41.0 Å². The first-order valence-corrected chi connectivity index (χ1v) is 6.89. The van der Waals surface area contributed by atoms with Crippen molar-refractivity contribution in [3.05, 3.63) is 53.5 Å². The number of halogens is 1. The Bertz CT molecular complexity index is 667. The van der Waals surface area contributed by atoms with Crippen LogP contribution < -0.4 is 11.1 Å². The number of anilines is 1. The summed E-state index contributed by atoms with van der Waals surface area (Å²) in [6.07, 6.45) is 1.35. The predicted molar refractivity (Wildman–Crippen MR) is 90.6 cm³/mol. The first-order valence-electron chi connectivity index (χ1n) is 6.89. The Morgan fingerprint density at radius 1 is 1.26 bits per heavy atom. The van der Waals surface area contributed by atoms with Gasteiger partial charge >= 0.3 is 0 Å². The summed E-state index contributed by atoms with van der Waals surface area (Å²) >= 11 is 0. The lowest BCUT2D eigenvalue weighted by atomic mass is 10.2. The molecule has 2 amide bonds. The van der Waals surface area contributed by atoms with Gasteiger partial charge in [-0.2, -0.15) is 0 Å². The molecule has 0 bridgehead atoms. The van der Waals surface area contributed by atoms with Gasteiger partial charge in [0.1, 0.15) is 12.0 Å². The predicted octanol–water partition coefficient (Wildman–Crippen LogP) is 2.18. The number of nitrogens with one attached hydrogen (secondary N) is 1. The number of rotatable bonds is 5. The molecule has 7 heteroatoms. The smallest absolute Gasteiger partial charge is 0.257 e. The Morgan fingerprint density at radius 2 is 1.91 bits per heavy atom. The highest BCUT2D eigenvalue weighted by Gasteiger charge is 2.17. The molecule has 0 radical (unpaired) electrons. The lowest BCUT2D eigenvalue weighted by Crippen LogP contribution is -2.34. The third kappa shape index (κ3) is 5.12. The molecule has 0 fully saturated rings. The molecule has 0 saturated carbocycles. The number of likely N-dealkylation sites (N-methyl/N-ethyl adjacent to an activating group) is 1. The molecule has 1 aromatic carbocycles. The van der Waals surface area contributed by atoms with Gasteiger partial charge in [0.25, 0.3) is 5.91 Å². The van der Waals surface area contributed by atoms with Crippen molar-refractivity contribution in [2.45, 2.75) is 13.5 Å². The lowest BCUT2D eigenvalue weighted by Gasteiger charge is -2.15. The quantitative estimate of drug-likeness (QED) is 0.875. The third-order valence-electron chi connectivity index (χ3n) is 3.16. The van der Waals surface area contributed by atoms with E-state index in [4.69, 9.17) is 10.2 Å². The van der Waals surface area contributed by atoms with E-state index in [0.29, 0.717) is 17.0 Å². The monoisotopic (exact) mass is 337 g/mol. The Labute approximate surface area is 141 Å². The normalized spacial score (nSPS) is 9.87. The minimum atomic E-state index is -0.289. The van der Waals surface area contributed by atoms with Crippen molar-refractivity contribution in [3.63, 3.8) is 0 Å². The number of nitrogens with two attached hydrogens (primary N) is 1. The highest BCUT2D eigenvalue weighted by Crippen LogP contribution is 2.11. The van der Waals surface area contributed by atoms with Gasteiger partial charge in [-0.15, -0.1) is 12.4 Å². The molecule has 0 aliphatic heterocycles. The maximum absolute atomic E-state index is 12.2. The van der Waals surface area contributed by atoms with Gasteiger partial charge < -0.3 is 20.4 Å².